The molecule has 1 aromatic carbocycles. The van der Waals surface area contributed by atoms with Crippen molar-refractivity contribution < 1.29 is 32.6 Å². The largest absolute Gasteiger partial charge is 0.464 e. The molecule has 0 aliphatic heterocycles. The molecule has 0 aliphatic carbocycles. The summed E-state index contributed by atoms with van der Waals surface area (Å²) in [5, 5.41) is 17.5. The van der Waals surface area contributed by atoms with Crippen molar-refractivity contribution in [3.05, 3.63) is 28.5 Å². The fraction of sp³-hybridized carbons (Fsp3) is 0.308. The lowest BCUT2D eigenvalue weighted by Crippen LogP contribution is -2.39. The molecular weight excluding hydrogens is 381 g/mol. The summed E-state index contributed by atoms with van der Waals surface area (Å²) in [7, 11) is -4.11. The van der Waals surface area contributed by atoms with Gasteiger partial charge in [-0.25, -0.2) is 14.0 Å². The van der Waals surface area contributed by atoms with E-state index in [1.165, 1.54) is 0 Å². The topological polar surface area (TPSA) is 136 Å². The molecule has 0 radical (unpaired) electrons. The number of nitrogens with one attached hydrogen (secondary N) is 1. The summed E-state index contributed by atoms with van der Waals surface area (Å²) in [6, 6.07) is 1.41. The van der Waals surface area contributed by atoms with Crippen molar-refractivity contribution in [2.75, 3.05) is 4.90 Å². The molecular formula is C13H15ClFN3O6S. The molecule has 0 spiro atoms. The van der Waals surface area contributed by atoms with Gasteiger partial charge in [-0.2, -0.15) is 22.4 Å². The minimum atomic E-state index is -4.11. The Labute approximate surface area is 147 Å². The van der Waals surface area contributed by atoms with Gasteiger partial charge in [-0.05, 0) is 32.9 Å². The molecule has 0 fully saturated rings. The Morgan fingerprint density at radius 2 is 1.80 bits per heavy atom. The number of carboxylic acid groups (broad SMARTS) is 2. The number of hydrogen-bond donors (Lipinski definition) is 3. The van der Waals surface area contributed by atoms with Gasteiger partial charge in [0.15, 0.2) is 0 Å². The van der Waals surface area contributed by atoms with E-state index in [1.54, 1.807) is 20.8 Å². The summed E-state index contributed by atoms with van der Waals surface area (Å²) in [5.41, 5.74) is -1.84. The molecule has 138 valence electrons. The second-order valence-corrected chi connectivity index (χ2v) is 7.56. The van der Waals surface area contributed by atoms with Gasteiger partial charge in [0.05, 0.1) is 16.9 Å². The zero-order valence-corrected chi connectivity index (χ0v) is 14.9. The molecule has 0 saturated heterocycles. The molecule has 0 saturated carbocycles. The van der Waals surface area contributed by atoms with Crippen LogP contribution in [0.15, 0.2) is 16.5 Å². The highest BCUT2D eigenvalue weighted by atomic mass is 35.5. The zero-order valence-electron chi connectivity index (χ0n) is 13.3. The van der Waals surface area contributed by atoms with E-state index in [9.17, 15) is 22.4 Å². The number of carbonyl (C=O) groups is 2. The lowest BCUT2D eigenvalue weighted by Gasteiger charge is -2.18. The number of anilines is 1. The first kappa shape index (κ1) is 20.8. The predicted molar refractivity (Wildman–Crippen MR) is 89.3 cm³/mol. The summed E-state index contributed by atoms with van der Waals surface area (Å²) in [6.07, 6.45) is -3.14. The number of rotatable bonds is 4. The molecule has 0 atom stereocenters. The normalized spacial score (nSPS) is 12.4. The number of hydrogen-bond acceptors (Lipinski definition) is 4. The van der Waals surface area contributed by atoms with Crippen molar-refractivity contribution in [3.8, 4) is 0 Å². The number of imide groups is 1. The minimum absolute atomic E-state index is 0.190. The van der Waals surface area contributed by atoms with Crippen molar-refractivity contribution in [3.63, 3.8) is 0 Å². The second-order valence-electron chi connectivity index (χ2n) is 5.79. The van der Waals surface area contributed by atoms with Gasteiger partial charge >= 0.3 is 22.4 Å². The van der Waals surface area contributed by atoms with E-state index in [2.05, 4.69) is 9.12 Å². The van der Waals surface area contributed by atoms with E-state index in [-0.39, 0.29) is 15.5 Å². The highest BCUT2D eigenvalue weighted by Gasteiger charge is 2.26. The molecule has 12 heteroatoms. The first-order chi connectivity index (χ1) is 11.2. The Hall–Kier alpha value is -2.24. The molecule has 1 rings (SSSR count). The number of amides is 2. The molecule has 1 aromatic rings. The maximum atomic E-state index is 13.9. The lowest BCUT2D eigenvalue weighted by atomic mass is 10.1. The Morgan fingerprint density at radius 1 is 1.28 bits per heavy atom. The highest BCUT2D eigenvalue weighted by molar-refractivity contribution is 7.88. The third-order valence-corrected chi connectivity index (χ3v) is 4.04. The molecule has 9 nitrogen and oxygen atoms in total. The summed E-state index contributed by atoms with van der Waals surface area (Å²) < 4.78 is 43.0. The fourth-order valence-corrected chi connectivity index (χ4v) is 2.93. The Morgan fingerprint density at radius 3 is 2.24 bits per heavy atom. The van der Waals surface area contributed by atoms with Gasteiger partial charge in [0.2, 0.25) is 0 Å². The van der Waals surface area contributed by atoms with Crippen LogP contribution < -0.4 is 9.62 Å². The molecule has 0 unspecified atom stereocenters. The van der Waals surface area contributed by atoms with E-state index in [1.807, 2.05) is 0 Å². The first-order valence-electron chi connectivity index (χ1n) is 6.58. The van der Waals surface area contributed by atoms with Crippen LogP contribution >= 0.6 is 11.6 Å². The van der Waals surface area contributed by atoms with Crippen molar-refractivity contribution in [1.29, 1.82) is 0 Å². The predicted octanol–water partition coefficient (Wildman–Crippen LogP) is 2.69. The van der Waals surface area contributed by atoms with E-state index in [0.29, 0.717) is 6.07 Å². The van der Waals surface area contributed by atoms with Crippen molar-refractivity contribution in [1.82, 2.24) is 4.72 Å². The van der Waals surface area contributed by atoms with E-state index in [4.69, 9.17) is 21.8 Å². The highest BCUT2D eigenvalue weighted by Crippen LogP contribution is 2.26. The van der Waals surface area contributed by atoms with E-state index in [0.717, 1.165) is 12.3 Å². The van der Waals surface area contributed by atoms with Crippen molar-refractivity contribution >= 4 is 45.9 Å². The molecule has 3 N–H and O–H groups in total. The summed E-state index contributed by atoms with van der Waals surface area (Å²) in [4.78, 5) is 21.7. The maximum absolute atomic E-state index is 13.9. The van der Waals surface area contributed by atoms with Crippen LogP contribution in [0.25, 0.3) is 0 Å². The monoisotopic (exact) mass is 395 g/mol. The first-order valence-corrected chi connectivity index (χ1v) is 8.39. The van der Waals surface area contributed by atoms with Crippen LogP contribution in [-0.2, 0) is 10.2 Å². The Bertz CT molecular complexity index is 821. The van der Waals surface area contributed by atoms with E-state index >= 15 is 0 Å². The van der Waals surface area contributed by atoms with Crippen LogP contribution in [0.5, 0.6) is 0 Å². The van der Waals surface area contributed by atoms with E-state index < -0.39 is 39.4 Å². The van der Waals surface area contributed by atoms with Crippen LogP contribution in [0.2, 0.25) is 5.02 Å². The minimum Gasteiger partial charge on any atom is -0.464 e. The smallest absolute Gasteiger partial charge is 0.421 e. The van der Waals surface area contributed by atoms with Gasteiger partial charge in [0.1, 0.15) is 5.82 Å². The summed E-state index contributed by atoms with van der Waals surface area (Å²) in [5.74, 6) is -1.22. The lowest BCUT2D eigenvalue weighted by molar-refractivity contribution is 0.184. The molecule has 0 aliphatic rings. The summed E-state index contributed by atoms with van der Waals surface area (Å²) in [6.45, 7) is 4.75. The SMILES string of the molecule is CC(C)(C)NS(=O)(=O)/N=C/c1cc(N(C(=O)O)C(=O)O)c(F)cc1Cl. The second kappa shape index (κ2) is 7.33. The quantitative estimate of drug-likeness (QED) is 0.670. The number of nitrogens with zero attached hydrogens (tertiary/aromatic N) is 2. The van der Waals surface area contributed by atoms with Crippen molar-refractivity contribution in [2.45, 2.75) is 26.3 Å². The van der Waals surface area contributed by atoms with Gasteiger partial charge in [-0.1, -0.05) is 11.6 Å². The molecule has 25 heavy (non-hydrogen) atoms. The van der Waals surface area contributed by atoms with Gasteiger partial charge in [0, 0.05) is 11.1 Å². The Kier molecular flexibility index (Phi) is 6.10. The third-order valence-electron chi connectivity index (χ3n) is 2.46. The van der Waals surface area contributed by atoms with Gasteiger partial charge in [-0.3, -0.25) is 0 Å². The van der Waals surface area contributed by atoms with Crippen LogP contribution in [0, 0.1) is 5.82 Å². The molecule has 0 heterocycles. The van der Waals surface area contributed by atoms with Crippen LogP contribution in [0.1, 0.15) is 26.3 Å². The standard InChI is InChI=1S/C13H15ClFN3O6S/c1-13(2,3)17-25(23,24)16-6-7-4-10(9(15)5-8(7)14)18(11(19)20)12(21)22/h4-6,17H,1-3H3,(H,19,20)(H,21,22)/b16-6+. The van der Waals surface area contributed by atoms with Gasteiger partial charge < -0.3 is 10.2 Å². The average molecular weight is 396 g/mol. The maximum Gasteiger partial charge on any atom is 0.421 e. The molecule has 0 bridgehead atoms. The van der Waals surface area contributed by atoms with Crippen LogP contribution in [0.4, 0.5) is 19.7 Å². The fourth-order valence-electron chi connectivity index (χ4n) is 1.65. The van der Waals surface area contributed by atoms with Crippen LogP contribution in [-0.4, -0.2) is 42.6 Å². The average Bonchev–Trinajstić information content (AvgIpc) is 2.36. The van der Waals surface area contributed by atoms with Gasteiger partial charge in [0.25, 0.3) is 0 Å². The number of benzene rings is 1. The third kappa shape index (κ3) is 5.96. The molecule has 2 amide bonds. The number of halogens is 2. The van der Waals surface area contributed by atoms with Crippen molar-refractivity contribution in [2.24, 2.45) is 4.40 Å². The zero-order chi connectivity index (χ0) is 19.6. The molecule has 0 aromatic heterocycles. The van der Waals surface area contributed by atoms with Crippen LogP contribution in [0.3, 0.4) is 0 Å². The van der Waals surface area contributed by atoms with Gasteiger partial charge in [-0.15, -0.1) is 0 Å². The Balaban J connectivity index is 3.35. The summed E-state index contributed by atoms with van der Waals surface area (Å²) >= 11 is 5.77.